The van der Waals surface area contributed by atoms with Crippen molar-refractivity contribution in [1.29, 1.82) is 0 Å². The Morgan fingerprint density at radius 2 is 1.48 bits per heavy atom. The molecular weight excluding hydrogens is 310 g/mol. The molecule has 0 atom stereocenters. The summed E-state index contributed by atoms with van der Waals surface area (Å²) >= 11 is 6.23. The third-order valence-electron chi connectivity index (χ3n) is 4.03. The van der Waals surface area contributed by atoms with E-state index in [2.05, 4.69) is 0 Å². The average molecular weight is 326 g/mol. The van der Waals surface area contributed by atoms with Crippen LogP contribution in [0.1, 0.15) is 22.3 Å². The summed E-state index contributed by atoms with van der Waals surface area (Å²) in [6.45, 7) is 4.05. The van der Waals surface area contributed by atoms with Crippen LogP contribution in [0.4, 0.5) is 0 Å². The zero-order chi connectivity index (χ0) is 16.6. The lowest BCUT2D eigenvalue weighted by atomic mass is 9.95. The monoisotopic (exact) mass is 325 g/mol. The maximum atomic E-state index is 12.8. The number of hydrogen-bond donors (Lipinski definition) is 0. The fourth-order valence-electron chi connectivity index (χ4n) is 2.88. The highest BCUT2D eigenvalue weighted by atomic mass is 35.5. The lowest BCUT2D eigenvalue weighted by molar-refractivity contribution is -0.137. The topological polar surface area (TPSA) is 37.4 Å². The number of halogens is 1. The minimum atomic E-state index is -0.432. The van der Waals surface area contributed by atoms with E-state index >= 15 is 0 Å². The highest BCUT2D eigenvalue weighted by Crippen LogP contribution is 2.35. The van der Waals surface area contributed by atoms with E-state index in [1.165, 1.54) is 4.90 Å². The molecule has 3 nitrogen and oxygen atoms in total. The van der Waals surface area contributed by atoms with Crippen LogP contribution in [0.25, 0.3) is 5.57 Å². The Hall–Kier alpha value is -2.39. The molecule has 2 aromatic rings. The van der Waals surface area contributed by atoms with Gasteiger partial charge in [-0.05, 0) is 36.1 Å². The van der Waals surface area contributed by atoms with E-state index in [1.54, 1.807) is 0 Å². The molecule has 0 aromatic heterocycles. The predicted octanol–water partition coefficient (Wildman–Crippen LogP) is 3.82. The summed E-state index contributed by atoms with van der Waals surface area (Å²) in [4.78, 5) is 26.4. The molecule has 0 saturated heterocycles. The lowest BCUT2D eigenvalue weighted by Crippen LogP contribution is -2.30. The van der Waals surface area contributed by atoms with Gasteiger partial charge in [0.25, 0.3) is 11.8 Å². The van der Waals surface area contributed by atoms with Gasteiger partial charge in [-0.2, -0.15) is 0 Å². The van der Waals surface area contributed by atoms with Crippen molar-refractivity contribution in [3.63, 3.8) is 0 Å². The van der Waals surface area contributed by atoms with Crippen molar-refractivity contribution in [2.45, 2.75) is 20.4 Å². The third kappa shape index (κ3) is 2.68. The lowest BCUT2D eigenvalue weighted by Gasteiger charge is -2.16. The second-order valence-electron chi connectivity index (χ2n) is 5.64. The Balaban J connectivity index is 2.00. The average Bonchev–Trinajstić information content (AvgIpc) is 2.74. The van der Waals surface area contributed by atoms with Gasteiger partial charge >= 0.3 is 0 Å². The largest absolute Gasteiger partial charge is 0.273 e. The zero-order valence-electron chi connectivity index (χ0n) is 13.0. The summed E-state index contributed by atoms with van der Waals surface area (Å²) in [7, 11) is 0. The molecule has 116 valence electrons. The van der Waals surface area contributed by atoms with Gasteiger partial charge in [-0.15, -0.1) is 0 Å². The van der Waals surface area contributed by atoms with Gasteiger partial charge in [0.2, 0.25) is 0 Å². The molecule has 3 rings (SSSR count). The molecular formula is C19H16ClNO2. The Morgan fingerprint density at radius 3 is 2.09 bits per heavy atom. The van der Waals surface area contributed by atoms with E-state index in [4.69, 9.17) is 11.6 Å². The number of benzene rings is 2. The van der Waals surface area contributed by atoms with Crippen LogP contribution in [-0.2, 0) is 16.1 Å². The van der Waals surface area contributed by atoms with Gasteiger partial charge in [0.05, 0.1) is 12.1 Å². The van der Waals surface area contributed by atoms with Gasteiger partial charge in [-0.1, -0.05) is 60.1 Å². The van der Waals surface area contributed by atoms with Gasteiger partial charge in [0.15, 0.2) is 0 Å². The predicted molar refractivity (Wildman–Crippen MR) is 90.7 cm³/mol. The summed E-state index contributed by atoms with van der Waals surface area (Å²) in [5.74, 6) is -0.764. The van der Waals surface area contributed by atoms with Crippen LogP contribution in [-0.4, -0.2) is 16.7 Å². The quantitative estimate of drug-likeness (QED) is 0.804. The molecule has 2 amide bonds. The molecule has 23 heavy (non-hydrogen) atoms. The van der Waals surface area contributed by atoms with E-state index in [1.807, 2.05) is 62.4 Å². The molecule has 0 saturated carbocycles. The second kappa shape index (κ2) is 6.01. The standard InChI is InChI=1S/C19H16ClNO2/c1-12-7-6-8-13(2)15(12)16-17(20)19(23)21(18(16)22)11-14-9-4-3-5-10-14/h3-10H,11H2,1-2H3. The first-order valence-corrected chi connectivity index (χ1v) is 7.75. The van der Waals surface area contributed by atoms with Crippen molar-refractivity contribution in [2.24, 2.45) is 0 Å². The zero-order valence-corrected chi connectivity index (χ0v) is 13.7. The van der Waals surface area contributed by atoms with Crippen LogP contribution in [0.3, 0.4) is 0 Å². The fraction of sp³-hybridized carbons (Fsp3) is 0.158. The summed E-state index contributed by atoms with van der Waals surface area (Å²) in [5.41, 5.74) is 3.82. The van der Waals surface area contributed by atoms with Crippen LogP contribution in [0.5, 0.6) is 0 Å². The molecule has 1 heterocycles. The third-order valence-corrected chi connectivity index (χ3v) is 4.38. The summed E-state index contributed by atoms with van der Waals surface area (Å²) < 4.78 is 0. The van der Waals surface area contributed by atoms with E-state index in [0.29, 0.717) is 5.57 Å². The van der Waals surface area contributed by atoms with Gasteiger partial charge in [0, 0.05) is 0 Å². The number of imide groups is 1. The normalized spacial score (nSPS) is 14.8. The fourth-order valence-corrected chi connectivity index (χ4v) is 3.16. The van der Waals surface area contributed by atoms with Crippen LogP contribution in [0.15, 0.2) is 53.6 Å². The Bertz CT molecular complexity index is 804. The van der Waals surface area contributed by atoms with Crippen LogP contribution >= 0.6 is 11.6 Å². The van der Waals surface area contributed by atoms with E-state index in [9.17, 15) is 9.59 Å². The number of amides is 2. The number of carbonyl (C=O) groups excluding carboxylic acids is 2. The maximum Gasteiger partial charge on any atom is 0.273 e. The Labute approximate surface area is 140 Å². The smallest absolute Gasteiger partial charge is 0.269 e. The molecule has 0 radical (unpaired) electrons. The number of nitrogens with zero attached hydrogens (tertiary/aromatic N) is 1. The van der Waals surface area contributed by atoms with Gasteiger partial charge in [-0.3, -0.25) is 14.5 Å². The summed E-state index contributed by atoms with van der Waals surface area (Å²) in [6, 6.07) is 15.2. The first kappa shape index (κ1) is 15.5. The Morgan fingerprint density at radius 1 is 0.870 bits per heavy atom. The van der Waals surface area contributed by atoms with Crippen LogP contribution in [0, 0.1) is 13.8 Å². The minimum absolute atomic E-state index is 0.00308. The van der Waals surface area contributed by atoms with Crippen molar-refractivity contribution in [3.8, 4) is 0 Å². The Kier molecular flexibility index (Phi) is 4.05. The molecule has 0 fully saturated rings. The molecule has 2 aromatic carbocycles. The molecule has 0 bridgehead atoms. The number of carbonyl (C=O) groups is 2. The second-order valence-corrected chi connectivity index (χ2v) is 6.02. The highest BCUT2D eigenvalue weighted by molar-refractivity contribution is 6.55. The van der Waals surface area contributed by atoms with E-state index in [0.717, 1.165) is 22.3 Å². The maximum absolute atomic E-state index is 12.8. The molecule has 0 N–H and O–H groups in total. The van der Waals surface area contributed by atoms with Crippen molar-refractivity contribution in [3.05, 3.63) is 75.8 Å². The van der Waals surface area contributed by atoms with Crippen molar-refractivity contribution in [2.75, 3.05) is 0 Å². The van der Waals surface area contributed by atoms with E-state index < -0.39 is 5.91 Å². The number of hydrogen-bond acceptors (Lipinski definition) is 2. The van der Waals surface area contributed by atoms with E-state index in [-0.39, 0.29) is 17.5 Å². The van der Waals surface area contributed by atoms with Crippen molar-refractivity contribution < 1.29 is 9.59 Å². The molecule has 0 unspecified atom stereocenters. The minimum Gasteiger partial charge on any atom is -0.269 e. The highest BCUT2D eigenvalue weighted by Gasteiger charge is 2.39. The van der Waals surface area contributed by atoms with Crippen LogP contribution < -0.4 is 0 Å². The van der Waals surface area contributed by atoms with Crippen molar-refractivity contribution >= 4 is 29.0 Å². The molecule has 0 aliphatic carbocycles. The molecule has 1 aliphatic heterocycles. The van der Waals surface area contributed by atoms with Gasteiger partial charge in [-0.25, -0.2) is 0 Å². The first-order chi connectivity index (χ1) is 11.0. The van der Waals surface area contributed by atoms with Crippen LogP contribution in [0.2, 0.25) is 0 Å². The number of rotatable bonds is 3. The van der Waals surface area contributed by atoms with Crippen molar-refractivity contribution in [1.82, 2.24) is 4.90 Å². The first-order valence-electron chi connectivity index (χ1n) is 7.37. The molecule has 4 heteroatoms. The SMILES string of the molecule is Cc1cccc(C)c1C1=C(Cl)C(=O)N(Cc2ccccc2)C1=O. The number of aryl methyl sites for hydroxylation is 2. The summed E-state index contributed by atoms with van der Waals surface area (Å²) in [6.07, 6.45) is 0. The van der Waals surface area contributed by atoms with Gasteiger partial charge < -0.3 is 0 Å². The molecule has 1 aliphatic rings. The summed E-state index contributed by atoms with van der Waals surface area (Å²) in [5, 5.41) is 0.00308. The van der Waals surface area contributed by atoms with Gasteiger partial charge in [0.1, 0.15) is 5.03 Å². The molecule has 0 spiro atoms.